The van der Waals surface area contributed by atoms with Gasteiger partial charge in [-0.15, -0.1) is 0 Å². The molecule has 33 heavy (non-hydrogen) atoms. The Labute approximate surface area is 200 Å². The molecule has 180 valence electrons. The van der Waals surface area contributed by atoms with Crippen molar-refractivity contribution in [2.45, 2.75) is 52.7 Å². The molecule has 0 aromatic heterocycles. The third kappa shape index (κ3) is 9.20. The van der Waals surface area contributed by atoms with Crippen molar-refractivity contribution in [2.24, 2.45) is 0 Å². The first-order chi connectivity index (χ1) is 16.0. The predicted octanol–water partition coefficient (Wildman–Crippen LogP) is 5.91. The molecule has 2 rings (SSSR count). The number of carbonyl (C=O) groups is 2. The van der Waals surface area contributed by atoms with E-state index < -0.39 is 0 Å². The lowest BCUT2D eigenvalue weighted by molar-refractivity contribution is -0.133. The van der Waals surface area contributed by atoms with Crippen LogP contribution in [0.15, 0.2) is 48.5 Å². The molecule has 0 aliphatic rings. The molecule has 0 heterocycles. The first-order valence-corrected chi connectivity index (χ1v) is 12.5. The molecular weight excluding hydrogens is 440 g/mol. The highest BCUT2D eigenvalue weighted by molar-refractivity contribution is 7.99. The summed E-state index contributed by atoms with van der Waals surface area (Å²) in [6.45, 7) is 7.86. The fraction of sp³-hybridized carbons (Fsp3) is 0.462. The van der Waals surface area contributed by atoms with Crippen molar-refractivity contribution in [2.75, 3.05) is 24.7 Å². The zero-order valence-electron chi connectivity index (χ0n) is 19.9. The molecule has 2 aromatic rings. The summed E-state index contributed by atoms with van der Waals surface area (Å²) in [5, 5.41) is 0. The van der Waals surface area contributed by atoms with E-state index in [9.17, 15) is 9.59 Å². The minimum absolute atomic E-state index is 0.148. The number of hydrogen-bond donors (Lipinski definition) is 0. The molecule has 0 N–H and O–H groups in total. The second-order valence-corrected chi connectivity index (χ2v) is 8.57. The van der Waals surface area contributed by atoms with Crippen LogP contribution in [-0.4, -0.2) is 36.7 Å². The lowest BCUT2D eigenvalue weighted by Gasteiger charge is -2.21. The van der Waals surface area contributed by atoms with Crippen LogP contribution in [0, 0.1) is 0 Å². The highest BCUT2D eigenvalue weighted by atomic mass is 32.2. The quantitative estimate of drug-likeness (QED) is 0.192. The van der Waals surface area contributed by atoms with E-state index in [0.29, 0.717) is 24.7 Å². The maximum Gasteiger partial charge on any atom is 0.308 e. The molecular formula is C26H34O6S. The standard InChI is InChI=1S/C26H34O6S/c1-5-29-23(21-11-7-9-13-25(21)31-19(3)27)15-17-33-18-16-24(30-6-2)22-12-8-10-14-26(22)32-20(4)28/h7-14,23-24H,5-6,15-18H2,1-4H3. The van der Waals surface area contributed by atoms with Gasteiger partial charge in [-0.2, -0.15) is 11.8 Å². The Morgan fingerprint density at radius 1 is 0.727 bits per heavy atom. The molecule has 7 heteroatoms. The van der Waals surface area contributed by atoms with E-state index >= 15 is 0 Å². The van der Waals surface area contributed by atoms with Gasteiger partial charge >= 0.3 is 11.9 Å². The van der Waals surface area contributed by atoms with E-state index in [-0.39, 0.29) is 24.1 Å². The van der Waals surface area contributed by atoms with Gasteiger partial charge in [-0.25, -0.2) is 0 Å². The zero-order valence-corrected chi connectivity index (χ0v) is 20.7. The van der Waals surface area contributed by atoms with Crippen molar-refractivity contribution in [1.82, 2.24) is 0 Å². The van der Waals surface area contributed by atoms with E-state index in [1.54, 1.807) is 12.1 Å². The molecule has 6 nitrogen and oxygen atoms in total. The van der Waals surface area contributed by atoms with Crippen LogP contribution >= 0.6 is 11.8 Å². The van der Waals surface area contributed by atoms with Gasteiger partial charge in [0.05, 0.1) is 12.2 Å². The summed E-state index contributed by atoms with van der Waals surface area (Å²) in [4.78, 5) is 22.9. The van der Waals surface area contributed by atoms with E-state index in [2.05, 4.69) is 0 Å². The van der Waals surface area contributed by atoms with Crippen LogP contribution < -0.4 is 9.47 Å². The van der Waals surface area contributed by atoms with Gasteiger partial charge in [0.1, 0.15) is 11.5 Å². The number of rotatable bonds is 14. The maximum absolute atomic E-state index is 11.5. The van der Waals surface area contributed by atoms with E-state index in [0.717, 1.165) is 35.5 Å². The summed E-state index contributed by atoms with van der Waals surface area (Å²) in [6, 6.07) is 15.0. The second-order valence-electron chi connectivity index (χ2n) is 7.34. The Hall–Kier alpha value is -2.35. The van der Waals surface area contributed by atoms with E-state index in [4.69, 9.17) is 18.9 Å². The summed E-state index contributed by atoms with van der Waals surface area (Å²) in [7, 11) is 0. The van der Waals surface area contributed by atoms with Crippen LogP contribution in [0.2, 0.25) is 0 Å². The minimum atomic E-state index is -0.344. The molecule has 0 saturated carbocycles. The summed E-state index contributed by atoms with van der Waals surface area (Å²) in [6.07, 6.45) is 1.29. The Morgan fingerprint density at radius 3 is 1.48 bits per heavy atom. The highest BCUT2D eigenvalue weighted by Crippen LogP contribution is 2.33. The smallest absolute Gasteiger partial charge is 0.308 e. The lowest BCUT2D eigenvalue weighted by atomic mass is 10.1. The fourth-order valence-electron chi connectivity index (χ4n) is 3.53. The Morgan fingerprint density at radius 2 is 1.12 bits per heavy atom. The van der Waals surface area contributed by atoms with Gasteiger partial charge in [-0.3, -0.25) is 9.59 Å². The topological polar surface area (TPSA) is 71.1 Å². The zero-order chi connectivity index (χ0) is 24.1. The molecule has 0 fully saturated rings. The van der Waals surface area contributed by atoms with Gasteiger partial charge in [0.25, 0.3) is 0 Å². The third-order valence-electron chi connectivity index (χ3n) is 4.82. The number of benzene rings is 2. The van der Waals surface area contributed by atoms with Crippen molar-refractivity contribution in [3.63, 3.8) is 0 Å². The van der Waals surface area contributed by atoms with Crippen molar-refractivity contribution in [1.29, 1.82) is 0 Å². The number of esters is 2. The first kappa shape index (κ1) is 26.9. The molecule has 0 amide bonds. The summed E-state index contributed by atoms with van der Waals surface area (Å²) in [5.74, 6) is 2.16. The predicted molar refractivity (Wildman–Crippen MR) is 131 cm³/mol. The van der Waals surface area contributed by atoms with E-state index in [1.807, 2.05) is 62.0 Å². The molecule has 2 unspecified atom stereocenters. The Balaban J connectivity index is 1.95. The summed E-state index contributed by atoms with van der Waals surface area (Å²) >= 11 is 1.81. The van der Waals surface area contributed by atoms with Gasteiger partial charge in [-0.1, -0.05) is 36.4 Å². The average molecular weight is 475 g/mol. The number of hydrogen-bond acceptors (Lipinski definition) is 7. The van der Waals surface area contributed by atoms with Crippen molar-refractivity contribution in [3.8, 4) is 11.5 Å². The molecule has 0 bridgehead atoms. The lowest BCUT2D eigenvalue weighted by Crippen LogP contribution is -2.11. The summed E-state index contributed by atoms with van der Waals surface area (Å²) < 4.78 is 22.7. The van der Waals surface area contributed by atoms with Gasteiger partial charge in [0.15, 0.2) is 0 Å². The third-order valence-corrected chi connectivity index (χ3v) is 5.87. The minimum Gasteiger partial charge on any atom is -0.426 e. The van der Waals surface area contributed by atoms with Gasteiger partial charge < -0.3 is 18.9 Å². The molecule has 2 aromatic carbocycles. The fourth-order valence-corrected chi connectivity index (χ4v) is 4.50. The van der Waals surface area contributed by atoms with Crippen LogP contribution in [0.5, 0.6) is 11.5 Å². The second kappa shape index (κ2) is 14.7. The van der Waals surface area contributed by atoms with Crippen molar-refractivity contribution < 1.29 is 28.5 Å². The number of para-hydroxylation sites is 2. The average Bonchev–Trinajstić information content (AvgIpc) is 2.77. The molecule has 2 atom stereocenters. The molecule has 0 aliphatic carbocycles. The van der Waals surface area contributed by atoms with Crippen LogP contribution in [0.1, 0.15) is 63.9 Å². The van der Waals surface area contributed by atoms with Gasteiger partial charge in [0.2, 0.25) is 0 Å². The molecule has 0 saturated heterocycles. The SMILES string of the molecule is CCOC(CCSCCC(OCC)c1ccccc1OC(C)=O)c1ccccc1OC(C)=O. The molecule has 0 spiro atoms. The van der Waals surface area contributed by atoms with E-state index in [1.165, 1.54) is 13.8 Å². The normalized spacial score (nSPS) is 12.7. The molecule has 0 radical (unpaired) electrons. The largest absolute Gasteiger partial charge is 0.426 e. The summed E-state index contributed by atoms with van der Waals surface area (Å²) in [5.41, 5.74) is 1.77. The highest BCUT2D eigenvalue weighted by Gasteiger charge is 2.19. The van der Waals surface area contributed by atoms with Crippen LogP contribution in [0.4, 0.5) is 0 Å². The first-order valence-electron chi connectivity index (χ1n) is 11.3. The Bertz CT molecular complexity index is 813. The van der Waals surface area contributed by atoms with Crippen LogP contribution in [-0.2, 0) is 19.1 Å². The van der Waals surface area contributed by atoms with Gasteiger partial charge in [0, 0.05) is 38.2 Å². The van der Waals surface area contributed by atoms with Gasteiger partial charge in [-0.05, 0) is 50.3 Å². The number of thioether (sulfide) groups is 1. The van der Waals surface area contributed by atoms with Crippen LogP contribution in [0.25, 0.3) is 0 Å². The maximum atomic E-state index is 11.5. The number of carbonyl (C=O) groups excluding carboxylic acids is 2. The van der Waals surface area contributed by atoms with Crippen LogP contribution in [0.3, 0.4) is 0 Å². The van der Waals surface area contributed by atoms with Crippen molar-refractivity contribution in [3.05, 3.63) is 59.7 Å². The van der Waals surface area contributed by atoms with Crippen molar-refractivity contribution >= 4 is 23.7 Å². The Kier molecular flexibility index (Phi) is 12.0. The number of ether oxygens (including phenoxy) is 4. The molecule has 0 aliphatic heterocycles. The monoisotopic (exact) mass is 474 g/mol.